The number of rotatable bonds is 0. The molecule has 0 rings (SSSR count). The van der Waals surface area contributed by atoms with E-state index >= 15 is 0 Å². The molecule has 0 radical (unpaired) electrons. The SMILES string of the molecule is CP(N)(=O)O.O=P(O)(O)O. The highest BCUT2D eigenvalue weighted by molar-refractivity contribution is 7.54. The van der Waals surface area contributed by atoms with Crippen molar-refractivity contribution in [3.63, 3.8) is 0 Å². The fourth-order valence-corrected chi connectivity index (χ4v) is 0. The molecule has 9 heteroatoms. The van der Waals surface area contributed by atoms with Crippen LogP contribution in [0.15, 0.2) is 0 Å². The van der Waals surface area contributed by atoms with Crippen LogP contribution in [-0.4, -0.2) is 26.2 Å². The van der Waals surface area contributed by atoms with Gasteiger partial charge in [-0.3, -0.25) is 10.1 Å². The van der Waals surface area contributed by atoms with E-state index in [1.54, 1.807) is 0 Å². The maximum Gasteiger partial charge on any atom is 0.466 e. The molecule has 0 heterocycles. The van der Waals surface area contributed by atoms with Gasteiger partial charge in [0.2, 0.25) is 0 Å². The van der Waals surface area contributed by atoms with Crippen molar-refractivity contribution in [2.75, 3.05) is 6.66 Å². The van der Waals surface area contributed by atoms with Crippen molar-refractivity contribution in [2.45, 2.75) is 0 Å². The summed E-state index contributed by atoms with van der Waals surface area (Å²) in [6.07, 6.45) is 0. The molecular weight excluding hydrogens is 184 g/mol. The van der Waals surface area contributed by atoms with Gasteiger partial charge in [0, 0.05) is 6.66 Å². The van der Waals surface area contributed by atoms with E-state index in [9.17, 15) is 4.57 Å². The van der Waals surface area contributed by atoms with Gasteiger partial charge in [-0.25, -0.2) is 4.57 Å². The summed E-state index contributed by atoms with van der Waals surface area (Å²) >= 11 is 0. The number of hydrogen-bond donors (Lipinski definition) is 5. The molecule has 64 valence electrons. The lowest BCUT2D eigenvalue weighted by Gasteiger charge is -1.86. The Morgan fingerprint density at radius 1 is 1.10 bits per heavy atom. The summed E-state index contributed by atoms with van der Waals surface area (Å²) in [6, 6.07) is 0. The van der Waals surface area contributed by atoms with Gasteiger partial charge in [-0.2, -0.15) is 0 Å². The highest BCUT2D eigenvalue weighted by Gasteiger charge is 2.00. The minimum absolute atomic E-state index is 1.08. The first-order chi connectivity index (χ1) is 4.00. The van der Waals surface area contributed by atoms with Crippen molar-refractivity contribution in [1.82, 2.24) is 0 Å². The molecule has 0 fully saturated rings. The van der Waals surface area contributed by atoms with Crippen molar-refractivity contribution >= 4 is 15.3 Å². The molecule has 6 N–H and O–H groups in total. The summed E-state index contributed by atoms with van der Waals surface area (Å²) in [4.78, 5) is 29.4. The second-order valence-electron chi connectivity index (χ2n) is 1.46. The maximum absolute atomic E-state index is 9.55. The van der Waals surface area contributed by atoms with E-state index in [0.29, 0.717) is 0 Å². The van der Waals surface area contributed by atoms with Crippen LogP contribution in [-0.2, 0) is 9.13 Å². The van der Waals surface area contributed by atoms with Gasteiger partial charge in [0.15, 0.2) is 0 Å². The summed E-state index contributed by atoms with van der Waals surface area (Å²) in [5, 5.41) is 0. The number of nitrogens with two attached hydrogens (primary N) is 1. The van der Waals surface area contributed by atoms with Crippen LogP contribution in [0.25, 0.3) is 0 Å². The molecule has 0 saturated heterocycles. The van der Waals surface area contributed by atoms with Gasteiger partial charge in [0.05, 0.1) is 0 Å². The second kappa shape index (κ2) is 4.20. The average Bonchev–Trinajstić information content (AvgIpc) is 1.12. The summed E-state index contributed by atoms with van der Waals surface area (Å²) in [6.45, 7) is 1.08. The molecule has 0 aromatic rings. The number of phosphoric acid groups is 1. The van der Waals surface area contributed by atoms with E-state index in [-0.39, 0.29) is 0 Å². The first kappa shape index (κ1) is 12.9. The molecule has 0 spiro atoms. The summed E-state index contributed by atoms with van der Waals surface area (Å²) < 4.78 is 18.4. The highest BCUT2D eigenvalue weighted by atomic mass is 31.2. The van der Waals surface area contributed by atoms with E-state index in [1.807, 2.05) is 0 Å². The minimum atomic E-state index is -4.64. The summed E-state index contributed by atoms with van der Waals surface area (Å²) in [5.41, 5.74) is 4.47. The molecule has 0 aromatic carbocycles. The Kier molecular flexibility index (Phi) is 5.42. The normalized spacial score (nSPS) is 16.6. The quantitative estimate of drug-likeness (QED) is 0.305. The Bertz CT molecular complexity index is 128. The third-order valence-electron chi connectivity index (χ3n) is 0. The van der Waals surface area contributed by atoms with Crippen LogP contribution in [0, 0.1) is 0 Å². The second-order valence-corrected chi connectivity index (χ2v) is 4.37. The van der Waals surface area contributed by atoms with Gasteiger partial charge in [0.25, 0.3) is 7.52 Å². The standard InChI is InChI=1S/CH6NO2P.H3O4P/c2*1-5(2,3)4/h1H3,(H3,2,3,4);(H3,1,2,3,4). The van der Waals surface area contributed by atoms with E-state index < -0.39 is 15.3 Å². The first-order valence-electron chi connectivity index (χ1n) is 1.87. The van der Waals surface area contributed by atoms with Crippen LogP contribution in [0.2, 0.25) is 0 Å². The van der Waals surface area contributed by atoms with Crippen LogP contribution >= 0.6 is 15.3 Å². The molecule has 0 saturated carbocycles. The topological polar surface area (TPSA) is 141 Å². The molecule has 0 amide bonds. The molecule has 0 aliphatic rings. The van der Waals surface area contributed by atoms with Gasteiger partial charge >= 0.3 is 7.82 Å². The summed E-state index contributed by atoms with van der Waals surface area (Å²) in [7, 11) is -7.78. The van der Waals surface area contributed by atoms with Crippen LogP contribution in [0.4, 0.5) is 0 Å². The van der Waals surface area contributed by atoms with E-state index in [4.69, 9.17) is 24.1 Å². The molecule has 7 nitrogen and oxygen atoms in total. The van der Waals surface area contributed by atoms with Crippen molar-refractivity contribution in [3.05, 3.63) is 0 Å². The van der Waals surface area contributed by atoms with Crippen molar-refractivity contribution in [1.29, 1.82) is 0 Å². The van der Waals surface area contributed by atoms with Gasteiger partial charge in [0.1, 0.15) is 0 Å². The smallest absolute Gasteiger partial charge is 0.334 e. The largest absolute Gasteiger partial charge is 0.466 e. The highest BCUT2D eigenvalue weighted by Crippen LogP contribution is 2.25. The van der Waals surface area contributed by atoms with Crippen LogP contribution < -0.4 is 5.50 Å². The zero-order valence-corrected chi connectivity index (χ0v) is 6.87. The van der Waals surface area contributed by atoms with Crippen LogP contribution in [0.3, 0.4) is 0 Å². The third kappa shape index (κ3) is 6440. The lowest BCUT2D eigenvalue weighted by Crippen LogP contribution is -1.86. The minimum Gasteiger partial charge on any atom is -0.334 e. The predicted octanol–water partition coefficient (Wildman–Crippen LogP) is -1.17. The Morgan fingerprint density at radius 2 is 1.10 bits per heavy atom. The van der Waals surface area contributed by atoms with E-state index in [2.05, 4.69) is 5.50 Å². The zero-order valence-electron chi connectivity index (χ0n) is 5.08. The van der Waals surface area contributed by atoms with Crippen LogP contribution in [0.5, 0.6) is 0 Å². The van der Waals surface area contributed by atoms with Crippen molar-refractivity contribution in [3.8, 4) is 0 Å². The van der Waals surface area contributed by atoms with E-state index in [1.165, 1.54) is 0 Å². The molecule has 0 aromatic heterocycles. The van der Waals surface area contributed by atoms with E-state index in [0.717, 1.165) is 6.66 Å². The number of hydrogen-bond acceptors (Lipinski definition) is 2. The Morgan fingerprint density at radius 3 is 1.10 bits per heavy atom. The lowest BCUT2D eigenvalue weighted by molar-refractivity contribution is 0.275. The molecule has 0 aliphatic heterocycles. The fourth-order valence-electron chi connectivity index (χ4n) is 0. The fraction of sp³-hybridized carbons (Fsp3) is 1.00. The third-order valence-corrected chi connectivity index (χ3v) is 0. The molecule has 10 heavy (non-hydrogen) atoms. The molecule has 0 aliphatic carbocycles. The van der Waals surface area contributed by atoms with Crippen LogP contribution in [0.1, 0.15) is 0 Å². The monoisotopic (exact) mass is 193 g/mol. The average molecular weight is 193 g/mol. The van der Waals surface area contributed by atoms with Crippen molar-refractivity contribution < 1.29 is 28.7 Å². The predicted molar refractivity (Wildman–Crippen MR) is 34.2 cm³/mol. The van der Waals surface area contributed by atoms with Crippen molar-refractivity contribution in [2.24, 2.45) is 5.50 Å². The molecule has 1 unspecified atom stereocenters. The van der Waals surface area contributed by atoms with Gasteiger partial charge < -0.3 is 19.6 Å². The molecule has 0 bridgehead atoms. The van der Waals surface area contributed by atoms with Gasteiger partial charge in [-0.1, -0.05) is 0 Å². The Balaban J connectivity index is 0. The molecule has 1 atom stereocenters. The maximum atomic E-state index is 9.55. The van der Waals surface area contributed by atoms with Gasteiger partial charge in [-0.05, 0) is 0 Å². The Labute approximate surface area is 57.2 Å². The first-order valence-corrected chi connectivity index (χ1v) is 5.61. The van der Waals surface area contributed by atoms with Gasteiger partial charge in [-0.15, -0.1) is 0 Å². The summed E-state index contributed by atoms with van der Waals surface area (Å²) in [5.74, 6) is 0. The lowest BCUT2D eigenvalue weighted by atomic mass is 12.0. The molecular formula is CH9NO6P2. The zero-order chi connectivity index (χ0) is 9.00. The Hall–Kier alpha value is 0.260.